The van der Waals surface area contributed by atoms with Crippen LogP contribution in [0.15, 0.2) is 84.8 Å². The van der Waals surface area contributed by atoms with E-state index in [0.29, 0.717) is 17.7 Å². The summed E-state index contributed by atoms with van der Waals surface area (Å²) < 4.78 is 64.9. The Hall–Kier alpha value is -3.92. The predicted molar refractivity (Wildman–Crippen MR) is 133 cm³/mol. The highest BCUT2D eigenvalue weighted by Crippen LogP contribution is 2.29. The largest absolute Gasteiger partial charge is 0.433 e. The average molecular weight is 516 g/mol. The minimum absolute atomic E-state index is 0.170. The molecular weight excluding hydrogens is 491 g/mol. The highest BCUT2D eigenvalue weighted by atomic mass is 32.2. The Labute approximate surface area is 207 Å². The lowest BCUT2D eigenvalue weighted by molar-refractivity contribution is -0.141. The molecular formula is C26H24F3N3O3S. The molecule has 0 atom stereocenters. The molecule has 2 N–H and O–H groups in total. The van der Waals surface area contributed by atoms with E-state index in [1.54, 1.807) is 24.3 Å². The number of sulfonamides is 1. The fourth-order valence-electron chi connectivity index (χ4n) is 3.24. The number of hydrogen-bond acceptors (Lipinski definition) is 4. The van der Waals surface area contributed by atoms with E-state index >= 15 is 0 Å². The second kappa shape index (κ2) is 11.7. The van der Waals surface area contributed by atoms with Crippen LogP contribution < -0.4 is 10.0 Å². The SMILES string of the molecule is C=CS(=O)(=O)Nc1ccc(CNC(=O)C=Cc2ccc(C(F)(F)F)nc2CCc2ccccc2)cc1. The van der Waals surface area contributed by atoms with Crippen LogP contribution >= 0.6 is 0 Å². The molecule has 6 nitrogen and oxygen atoms in total. The van der Waals surface area contributed by atoms with Crippen LogP contribution in [-0.2, 0) is 40.4 Å². The van der Waals surface area contributed by atoms with Crippen molar-refractivity contribution in [1.29, 1.82) is 0 Å². The molecule has 36 heavy (non-hydrogen) atoms. The van der Waals surface area contributed by atoms with Crippen LogP contribution in [0.1, 0.15) is 28.1 Å². The van der Waals surface area contributed by atoms with Crippen molar-refractivity contribution >= 4 is 27.7 Å². The minimum Gasteiger partial charge on any atom is -0.348 e. The number of rotatable bonds is 10. The van der Waals surface area contributed by atoms with Gasteiger partial charge in [-0.1, -0.05) is 55.1 Å². The zero-order valence-electron chi connectivity index (χ0n) is 19.1. The number of alkyl halides is 3. The molecule has 3 aromatic rings. The molecule has 10 heteroatoms. The monoisotopic (exact) mass is 515 g/mol. The zero-order valence-corrected chi connectivity index (χ0v) is 19.9. The fourth-order valence-corrected chi connectivity index (χ4v) is 3.79. The van der Waals surface area contributed by atoms with E-state index in [1.807, 2.05) is 30.3 Å². The summed E-state index contributed by atoms with van der Waals surface area (Å²) in [7, 11) is -3.61. The van der Waals surface area contributed by atoms with E-state index in [9.17, 15) is 26.4 Å². The second-order valence-corrected chi connectivity index (χ2v) is 9.41. The maximum absolute atomic E-state index is 13.2. The lowest BCUT2D eigenvalue weighted by Crippen LogP contribution is -2.20. The lowest BCUT2D eigenvalue weighted by atomic mass is 10.0. The summed E-state index contributed by atoms with van der Waals surface area (Å²) >= 11 is 0. The van der Waals surface area contributed by atoms with E-state index in [2.05, 4.69) is 21.6 Å². The Balaban J connectivity index is 1.65. The Kier molecular flexibility index (Phi) is 8.65. The van der Waals surface area contributed by atoms with E-state index < -0.39 is 27.8 Å². The average Bonchev–Trinajstić information content (AvgIpc) is 2.86. The number of benzene rings is 2. The van der Waals surface area contributed by atoms with Crippen molar-refractivity contribution in [1.82, 2.24) is 10.3 Å². The molecule has 2 aromatic carbocycles. The van der Waals surface area contributed by atoms with Gasteiger partial charge in [-0.2, -0.15) is 13.2 Å². The minimum atomic E-state index is -4.57. The van der Waals surface area contributed by atoms with Crippen LogP contribution in [0.5, 0.6) is 0 Å². The Bertz CT molecular complexity index is 1340. The lowest BCUT2D eigenvalue weighted by Gasteiger charge is -2.11. The number of pyridine rings is 1. The van der Waals surface area contributed by atoms with Crippen LogP contribution in [0, 0.1) is 0 Å². The Morgan fingerprint density at radius 3 is 2.28 bits per heavy atom. The summed E-state index contributed by atoms with van der Waals surface area (Å²) in [5.74, 6) is -0.444. The third-order valence-electron chi connectivity index (χ3n) is 5.11. The normalized spacial score (nSPS) is 11.9. The molecule has 0 aliphatic heterocycles. The van der Waals surface area contributed by atoms with Crippen LogP contribution in [0.2, 0.25) is 0 Å². The van der Waals surface area contributed by atoms with Gasteiger partial charge in [-0.15, -0.1) is 0 Å². The fraction of sp³-hybridized carbons (Fsp3) is 0.154. The summed E-state index contributed by atoms with van der Waals surface area (Å²) in [6, 6.07) is 17.9. The molecule has 0 radical (unpaired) electrons. The highest BCUT2D eigenvalue weighted by Gasteiger charge is 2.32. The van der Waals surface area contributed by atoms with Crippen LogP contribution in [0.25, 0.3) is 6.08 Å². The van der Waals surface area contributed by atoms with E-state index in [4.69, 9.17) is 0 Å². The smallest absolute Gasteiger partial charge is 0.348 e. The Morgan fingerprint density at radius 1 is 0.944 bits per heavy atom. The van der Waals surface area contributed by atoms with Gasteiger partial charge in [0.1, 0.15) is 5.69 Å². The number of halogens is 3. The van der Waals surface area contributed by atoms with Gasteiger partial charge in [0.2, 0.25) is 5.91 Å². The molecule has 0 bridgehead atoms. The van der Waals surface area contributed by atoms with Gasteiger partial charge in [0.15, 0.2) is 0 Å². The Morgan fingerprint density at radius 2 is 1.64 bits per heavy atom. The molecule has 0 saturated heterocycles. The van der Waals surface area contributed by atoms with Crippen molar-refractivity contribution in [2.75, 3.05) is 4.72 Å². The molecule has 0 aliphatic rings. The molecule has 0 unspecified atom stereocenters. The van der Waals surface area contributed by atoms with Crippen molar-refractivity contribution in [3.8, 4) is 0 Å². The summed E-state index contributed by atoms with van der Waals surface area (Å²) in [5, 5.41) is 3.48. The number of amides is 1. The molecule has 0 spiro atoms. The van der Waals surface area contributed by atoms with Gasteiger partial charge in [0.25, 0.3) is 10.0 Å². The number of carbonyl (C=O) groups is 1. The number of aromatic nitrogens is 1. The van der Waals surface area contributed by atoms with Crippen LogP contribution in [0.4, 0.5) is 18.9 Å². The van der Waals surface area contributed by atoms with E-state index in [-0.39, 0.29) is 18.7 Å². The summed E-state index contributed by atoms with van der Waals surface area (Å²) in [6.45, 7) is 3.39. The van der Waals surface area contributed by atoms with Crippen molar-refractivity contribution in [3.63, 3.8) is 0 Å². The van der Waals surface area contributed by atoms with Gasteiger partial charge in [-0.3, -0.25) is 9.52 Å². The van der Waals surface area contributed by atoms with Crippen molar-refractivity contribution in [2.45, 2.75) is 25.6 Å². The van der Waals surface area contributed by atoms with Gasteiger partial charge in [-0.25, -0.2) is 13.4 Å². The number of anilines is 1. The van der Waals surface area contributed by atoms with Gasteiger partial charge in [0.05, 0.1) is 0 Å². The maximum Gasteiger partial charge on any atom is 0.433 e. The number of nitrogens with zero attached hydrogens (tertiary/aromatic N) is 1. The topological polar surface area (TPSA) is 88.2 Å². The molecule has 1 heterocycles. The number of carbonyl (C=O) groups excluding carboxylic acids is 1. The first-order chi connectivity index (χ1) is 17.1. The zero-order chi connectivity index (χ0) is 26.2. The van der Waals surface area contributed by atoms with E-state index in [1.165, 1.54) is 18.2 Å². The van der Waals surface area contributed by atoms with Crippen LogP contribution in [-0.4, -0.2) is 19.3 Å². The molecule has 1 aromatic heterocycles. The number of hydrogen-bond donors (Lipinski definition) is 2. The predicted octanol–water partition coefficient (Wildman–Crippen LogP) is 5.10. The molecule has 188 valence electrons. The standard InChI is InChI=1S/C26H24F3N3O3S/c1-2-36(34,35)32-22-13-8-20(9-14-22)18-30-25(33)17-12-21-11-16-24(26(27,28)29)31-23(21)15-10-19-6-4-3-5-7-19/h2-9,11-14,16-17,32H,1,10,15,18H2,(H,30,33). The van der Waals surface area contributed by atoms with Gasteiger partial charge < -0.3 is 5.32 Å². The third-order valence-corrected chi connectivity index (χ3v) is 6.07. The first kappa shape index (κ1) is 26.7. The molecule has 1 amide bonds. The molecule has 0 fully saturated rings. The van der Waals surface area contributed by atoms with Gasteiger partial charge >= 0.3 is 6.18 Å². The highest BCUT2D eigenvalue weighted by molar-refractivity contribution is 7.95. The summed E-state index contributed by atoms with van der Waals surface area (Å²) in [4.78, 5) is 16.1. The van der Waals surface area contributed by atoms with Gasteiger partial charge in [-0.05, 0) is 53.8 Å². The number of aryl methyl sites for hydroxylation is 2. The molecule has 0 saturated carbocycles. The first-order valence-corrected chi connectivity index (χ1v) is 12.4. The first-order valence-electron chi connectivity index (χ1n) is 10.9. The van der Waals surface area contributed by atoms with Crippen molar-refractivity contribution in [2.24, 2.45) is 0 Å². The maximum atomic E-state index is 13.2. The summed E-state index contributed by atoms with van der Waals surface area (Å²) in [5.41, 5.74) is 1.72. The van der Waals surface area contributed by atoms with Crippen molar-refractivity contribution in [3.05, 3.63) is 113 Å². The second-order valence-electron chi connectivity index (χ2n) is 7.78. The molecule has 0 aliphatic carbocycles. The third kappa shape index (κ3) is 8.09. The van der Waals surface area contributed by atoms with Gasteiger partial charge in [0, 0.05) is 29.4 Å². The quantitative estimate of drug-likeness (QED) is 0.368. The molecule has 3 rings (SSSR count). The summed E-state index contributed by atoms with van der Waals surface area (Å²) in [6.07, 6.45) is -1.11. The number of nitrogens with one attached hydrogen (secondary N) is 2. The van der Waals surface area contributed by atoms with Crippen LogP contribution in [0.3, 0.4) is 0 Å². The van der Waals surface area contributed by atoms with E-state index in [0.717, 1.165) is 22.6 Å². The van der Waals surface area contributed by atoms with Crippen molar-refractivity contribution < 1.29 is 26.4 Å².